The molecule has 3 aromatic heterocycles. The minimum absolute atomic E-state index is 0.0656. The highest BCUT2D eigenvalue weighted by Gasteiger charge is 2.16. The van der Waals surface area contributed by atoms with Crippen LogP contribution in [0.15, 0.2) is 55.1 Å². The van der Waals surface area contributed by atoms with Gasteiger partial charge in [-0.2, -0.15) is 0 Å². The molecular weight excluding hydrogens is 367 g/mol. The summed E-state index contributed by atoms with van der Waals surface area (Å²) in [6, 6.07) is 8.06. The summed E-state index contributed by atoms with van der Waals surface area (Å²) in [6.45, 7) is 1.69. The van der Waals surface area contributed by atoms with Crippen LogP contribution in [0.25, 0.3) is 22.2 Å². The first-order valence-corrected chi connectivity index (χ1v) is 8.45. The van der Waals surface area contributed by atoms with Gasteiger partial charge < -0.3 is 5.32 Å². The van der Waals surface area contributed by atoms with Crippen LogP contribution >= 0.6 is 0 Å². The van der Waals surface area contributed by atoms with E-state index in [2.05, 4.69) is 25.3 Å². The molecule has 0 spiro atoms. The zero-order chi connectivity index (χ0) is 19.7. The summed E-state index contributed by atoms with van der Waals surface area (Å²) in [4.78, 5) is 16.5. The maximum absolute atomic E-state index is 14.0. The number of hydrogen-bond acceptors (Lipinski definition) is 5. The van der Waals surface area contributed by atoms with E-state index >= 15 is 0 Å². The van der Waals surface area contributed by atoms with Crippen molar-refractivity contribution in [2.45, 2.75) is 13.0 Å². The lowest BCUT2D eigenvalue weighted by Crippen LogP contribution is -2.12. The van der Waals surface area contributed by atoms with Crippen LogP contribution < -0.4 is 5.32 Å². The summed E-state index contributed by atoms with van der Waals surface area (Å²) < 4.78 is 40.3. The monoisotopic (exact) mass is 381 g/mol. The molecular formula is C20H14F3N5. The maximum atomic E-state index is 14.0. The van der Waals surface area contributed by atoms with Gasteiger partial charge in [0.2, 0.25) is 0 Å². The predicted molar refractivity (Wildman–Crippen MR) is 98.9 cm³/mol. The molecule has 4 aromatic rings. The second-order valence-electron chi connectivity index (χ2n) is 6.21. The van der Waals surface area contributed by atoms with Gasteiger partial charge in [0.05, 0.1) is 23.3 Å². The second kappa shape index (κ2) is 7.22. The minimum Gasteiger partial charge on any atom is -0.361 e. The van der Waals surface area contributed by atoms with Gasteiger partial charge in [0.1, 0.15) is 29.6 Å². The van der Waals surface area contributed by atoms with Gasteiger partial charge in [-0.3, -0.25) is 4.98 Å². The molecule has 5 nitrogen and oxygen atoms in total. The number of benzene rings is 1. The number of pyridine rings is 2. The van der Waals surface area contributed by atoms with Crippen molar-refractivity contribution in [1.82, 2.24) is 19.9 Å². The third-order valence-corrected chi connectivity index (χ3v) is 4.27. The highest BCUT2D eigenvalue weighted by molar-refractivity contribution is 5.89. The molecule has 4 rings (SSSR count). The van der Waals surface area contributed by atoms with E-state index in [0.29, 0.717) is 16.9 Å². The summed E-state index contributed by atoms with van der Waals surface area (Å²) in [5, 5.41) is 3.68. The van der Waals surface area contributed by atoms with Crippen LogP contribution in [0.4, 0.5) is 19.0 Å². The lowest BCUT2D eigenvalue weighted by molar-refractivity contribution is 0.550. The molecule has 0 amide bonds. The number of aromatic nitrogens is 4. The van der Waals surface area contributed by atoms with Crippen LogP contribution in [0.3, 0.4) is 0 Å². The van der Waals surface area contributed by atoms with E-state index < -0.39 is 17.7 Å². The molecule has 0 aliphatic carbocycles. The van der Waals surface area contributed by atoms with E-state index in [4.69, 9.17) is 0 Å². The number of fused-ring (bicyclic) bond motifs is 1. The molecule has 0 saturated heterocycles. The van der Waals surface area contributed by atoms with Gasteiger partial charge in [-0.25, -0.2) is 28.1 Å². The quantitative estimate of drug-likeness (QED) is 0.556. The van der Waals surface area contributed by atoms with Crippen LogP contribution in [-0.2, 0) is 0 Å². The Labute approximate surface area is 158 Å². The van der Waals surface area contributed by atoms with Crippen molar-refractivity contribution >= 4 is 16.9 Å². The Bertz CT molecular complexity index is 1150. The van der Waals surface area contributed by atoms with Gasteiger partial charge in [0.25, 0.3) is 0 Å². The Kier molecular flexibility index (Phi) is 4.60. The molecule has 28 heavy (non-hydrogen) atoms. The Balaban J connectivity index is 1.72. The normalized spacial score (nSPS) is 12.1. The SMILES string of the molecule is CC(Nc1ncnc2ncc(-c3ccc(F)cc3)cc12)c1ncc(F)cc1F. The third-order valence-electron chi connectivity index (χ3n) is 4.27. The fourth-order valence-corrected chi connectivity index (χ4v) is 2.88. The molecule has 0 aliphatic heterocycles. The van der Waals surface area contributed by atoms with E-state index in [9.17, 15) is 13.2 Å². The molecule has 140 valence electrons. The molecule has 3 heterocycles. The Morgan fingerprint density at radius 3 is 2.36 bits per heavy atom. The number of nitrogens with one attached hydrogen (secondary N) is 1. The molecule has 1 aromatic carbocycles. The van der Waals surface area contributed by atoms with Crippen molar-refractivity contribution in [3.8, 4) is 11.1 Å². The van der Waals surface area contributed by atoms with Crippen molar-refractivity contribution in [2.24, 2.45) is 0 Å². The predicted octanol–water partition coefficient (Wildman–Crippen LogP) is 4.68. The van der Waals surface area contributed by atoms with Gasteiger partial charge in [0.15, 0.2) is 5.65 Å². The van der Waals surface area contributed by atoms with E-state index in [1.165, 1.54) is 18.5 Å². The number of anilines is 1. The number of halogens is 3. The van der Waals surface area contributed by atoms with Crippen molar-refractivity contribution in [3.63, 3.8) is 0 Å². The summed E-state index contributed by atoms with van der Waals surface area (Å²) in [5.74, 6) is -1.39. The van der Waals surface area contributed by atoms with Crippen LogP contribution in [0.1, 0.15) is 18.7 Å². The zero-order valence-corrected chi connectivity index (χ0v) is 14.7. The summed E-state index contributed by atoms with van der Waals surface area (Å²) in [5.41, 5.74) is 2.05. The van der Waals surface area contributed by atoms with Crippen LogP contribution in [0.2, 0.25) is 0 Å². The molecule has 8 heteroatoms. The smallest absolute Gasteiger partial charge is 0.164 e. The summed E-state index contributed by atoms with van der Waals surface area (Å²) >= 11 is 0. The zero-order valence-electron chi connectivity index (χ0n) is 14.7. The van der Waals surface area contributed by atoms with E-state index in [1.807, 2.05) is 6.07 Å². The van der Waals surface area contributed by atoms with Crippen LogP contribution in [-0.4, -0.2) is 19.9 Å². The van der Waals surface area contributed by atoms with Crippen LogP contribution in [0.5, 0.6) is 0 Å². The Hall–Kier alpha value is -3.55. The fraction of sp³-hybridized carbons (Fsp3) is 0.100. The van der Waals surface area contributed by atoms with Gasteiger partial charge in [-0.15, -0.1) is 0 Å². The molecule has 0 fully saturated rings. The molecule has 0 radical (unpaired) electrons. The van der Waals surface area contributed by atoms with Gasteiger partial charge in [-0.1, -0.05) is 12.1 Å². The number of nitrogens with zero attached hydrogens (tertiary/aromatic N) is 4. The topological polar surface area (TPSA) is 63.6 Å². The van der Waals surface area contributed by atoms with Crippen LogP contribution in [0, 0.1) is 17.5 Å². The van der Waals surface area contributed by atoms with Gasteiger partial charge in [-0.05, 0) is 30.7 Å². The number of rotatable bonds is 4. The van der Waals surface area contributed by atoms with Crippen molar-refractivity contribution in [3.05, 3.63) is 78.3 Å². The summed E-state index contributed by atoms with van der Waals surface area (Å²) in [7, 11) is 0. The third kappa shape index (κ3) is 3.48. The Morgan fingerprint density at radius 1 is 0.821 bits per heavy atom. The largest absolute Gasteiger partial charge is 0.361 e. The average molecular weight is 381 g/mol. The van der Waals surface area contributed by atoms with E-state index in [-0.39, 0.29) is 11.5 Å². The molecule has 0 saturated carbocycles. The average Bonchev–Trinajstić information content (AvgIpc) is 2.68. The van der Waals surface area contributed by atoms with Crippen molar-refractivity contribution < 1.29 is 13.2 Å². The van der Waals surface area contributed by atoms with Gasteiger partial charge in [0, 0.05) is 17.8 Å². The first-order valence-electron chi connectivity index (χ1n) is 8.45. The van der Waals surface area contributed by atoms with Crippen molar-refractivity contribution in [1.29, 1.82) is 0 Å². The van der Waals surface area contributed by atoms with E-state index in [0.717, 1.165) is 23.4 Å². The number of hydrogen-bond donors (Lipinski definition) is 1. The lowest BCUT2D eigenvalue weighted by atomic mass is 10.1. The van der Waals surface area contributed by atoms with E-state index in [1.54, 1.807) is 25.3 Å². The molecule has 1 N–H and O–H groups in total. The fourth-order valence-electron chi connectivity index (χ4n) is 2.88. The maximum Gasteiger partial charge on any atom is 0.164 e. The lowest BCUT2D eigenvalue weighted by Gasteiger charge is -2.16. The first-order chi connectivity index (χ1) is 13.5. The molecule has 1 unspecified atom stereocenters. The molecule has 0 bridgehead atoms. The highest BCUT2D eigenvalue weighted by Crippen LogP contribution is 2.28. The van der Waals surface area contributed by atoms with Crippen molar-refractivity contribution in [2.75, 3.05) is 5.32 Å². The second-order valence-corrected chi connectivity index (χ2v) is 6.21. The summed E-state index contributed by atoms with van der Waals surface area (Å²) in [6.07, 6.45) is 3.94. The first kappa shape index (κ1) is 17.8. The highest BCUT2D eigenvalue weighted by atomic mass is 19.1. The minimum atomic E-state index is -0.747. The van der Waals surface area contributed by atoms with Gasteiger partial charge >= 0.3 is 0 Å². The standard InChI is InChI=1S/C20H14F3N5/c1-11(18-17(23)7-15(22)9-24-18)28-20-16-6-13(8-25-19(16)26-10-27-20)12-2-4-14(21)5-3-12/h2-11H,1H3,(H,25,26,27,28). The Morgan fingerprint density at radius 2 is 1.61 bits per heavy atom. The molecule has 0 aliphatic rings. The molecule has 1 atom stereocenters.